The van der Waals surface area contributed by atoms with Crippen molar-refractivity contribution in [3.8, 4) is 5.75 Å². The lowest BCUT2D eigenvalue weighted by Gasteiger charge is -2.42. The maximum atomic E-state index is 13.1. The number of carbonyl (C=O) groups excluding carboxylic acids is 3. The number of aliphatic hydroxyl groups is 3. The lowest BCUT2D eigenvalue weighted by molar-refractivity contribution is -0.303. The normalized spacial score (nSPS) is 24.0. The Labute approximate surface area is 206 Å². The molecule has 2 fully saturated rings. The topological polar surface area (TPSA) is 149 Å². The molecular weight excluding hydrogens is 470 g/mol. The fourth-order valence-electron chi connectivity index (χ4n) is 4.80. The molecule has 3 aliphatic heterocycles. The third-order valence-electron chi connectivity index (χ3n) is 6.72. The minimum Gasteiger partial charge on any atom is -0.488 e. The summed E-state index contributed by atoms with van der Waals surface area (Å²) in [4.78, 5) is 39.6. The molecule has 0 aliphatic carbocycles. The first-order valence-corrected chi connectivity index (χ1v) is 11.7. The van der Waals surface area contributed by atoms with Crippen LogP contribution in [0, 0.1) is 0 Å². The molecule has 1 atom stereocenters. The maximum absolute atomic E-state index is 13.1. The van der Waals surface area contributed by atoms with E-state index >= 15 is 0 Å². The van der Waals surface area contributed by atoms with Crippen LogP contribution in [0.15, 0.2) is 42.5 Å². The van der Waals surface area contributed by atoms with Gasteiger partial charge in [-0.3, -0.25) is 24.6 Å². The molecule has 190 valence electrons. The molecule has 1 unspecified atom stereocenters. The van der Waals surface area contributed by atoms with Gasteiger partial charge in [0.15, 0.2) is 0 Å². The Bertz CT molecular complexity index is 1190. The Kier molecular flexibility index (Phi) is 6.27. The summed E-state index contributed by atoms with van der Waals surface area (Å²) in [7, 11) is 0. The molecule has 4 N–H and O–H groups in total. The molecule has 0 bridgehead atoms. The predicted octanol–water partition coefficient (Wildman–Crippen LogP) is -0.226. The van der Waals surface area contributed by atoms with E-state index in [-0.39, 0.29) is 29.9 Å². The van der Waals surface area contributed by atoms with Gasteiger partial charge in [-0.05, 0) is 23.3 Å². The molecule has 2 saturated heterocycles. The molecule has 3 aliphatic rings. The third-order valence-corrected chi connectivity index (χ3v) is 6.72. The highest BCUT2D eigenvalue weighted by Crippen LogP contribution is 2.45. The summed E-state index contributed by atoms with van der Waals surface area (Å²) in [6.45, 7) is 4.12. The lowest BCUT2D eigenvalue weighted by atomic mass is 9.99. The van der Waals surface area contributed by atoms with Crippen molar-refractivity contribution in [2.75, 3.05) is 26.3 Å². The van der Waals surface area contributed by atoms with Crippen LogP contribution in [-0.4, -0.2) is 74.9 Å². The number of ether oxygens (including phenoxy) is 2. The minimum absolute atomic E-state index is 0.0154. The summed E-state index contributed by atoms with van der Waals surface area (Å²) in [5.74, 6) is -5.83. The van der Waals surface area contributed by atoms with Crippen molar-refractivity contribution in [3.63, 3.8) is 0 Å². The van der Waals surface area contributed by atoms with Crippen LogP contribution < -0.4 is 10.1 Å². The van der Waals surface area contributed by atoms with Crippen molar-refractivity contribution in [3.05, 3.63) is 64.7 Å². The van der Waals surface area contributed by atoms with Crippen molar-refractivity contribution in [1.82, 2.24) is 15.1 Å². The Hall–Kier alpha value is -3.35. The molecule has 5 rings (SSSR count). The monoisotopic (exact) mass is 497 g/mol. The van der Waals surface area contributed by atoms with Crippen LogP contribution in [0.4, 0.5) is 0 Å². The van der Waals surface area contributed by atoms with Gasteiger partial charge >= 0.3 is 0 Å². The number of nitrogens with one attached hydrogen (secondary N) is 1. The van der Waals surface area contributed by atoms with Crippen LogP contribution >= 0.6 is 0 Å². The summed E-state index contributed by atoms with van der Waals surface area (Å²) >= 11 is 0. The van der Waals surface area contributed by atoms with Crippen molar-refractivity contribution < 1.29 is 39.2 Å². The van der Waals surface area contributed by atoms with Crippen LogP contribution in [0.5, 0.6) is 5.75 Å². The van der Waals surface area contributed by atoms with E-state index in [1.54, 1.807) is 0 Å². The van der Waals surface area contributed by atoms with E-state index < -0.39 is 35.8 Å². The number of hydrogen-bond donors (Lipinski definition) is 4. The number of fused-ring (bicyclic) bond motifs is 1. The van der Waals surface area contributed by atoms with Crippen LogP contribution in [0.1, 0.15) is 39.9 Å². The number of piperidine rings is 1. The molecule has 36 heavy (non-hydrogen) atoms. The van der Waals surface area contributed by atoms with E-state index in [1.165, 1.54) is 18.2 Å². The van der Waals surface area contributed by atoms with E-state index in [9.17, 15) is 29.7 Å². The zero-order valence-corrected chi connectivity index (χ0v) is 19.5. The van der Waals surface area contributed by atoms with Gasteiger partial charge in [0.2, 0.25) is 11.6 Å². The van der Waals surface area contributed by atoms with Gasteiger partial charge in [0.25, 0.3) is 17.7 Å². The molecule has 11 nitrogen and oxygen atoms in total. The molecule has 0 saturated carbocycles. The van der Waals surface area contributed by atoms with Crippen molar-refractivity contribution in [2.45, 2.75) is 37.6 Å². The predicted molar refractivity (Wildman–Crippen MR) is 123 cm³/mol. The van der Waals surface area contributed by atoms with Gasteiger partial charge in [0.05, 0.1) is 24.3 Å². The quantitative estimate of drug-likeness (QED) is 0.314. The largest absolute Gasteiger partial charge is 0.488 e. The van der Waals surface area contributed by atoms with Crippen molar-refractivity contribution in [2.24, 2.45) is 0 Å². The molecule has 3 amide bonds. The summed E-state index contributed by atoms with van der Waals surface area (Å²) in [5.41, 5.74) is -1.07. The second-order valence-corrected chi connectivity index (χ2v) is 9.14. The number of hydrogen-bond acceptors (Lipinski definition) is 9. The van der Waals surface area contributed by atoms with E-state index in [4.69, 9.17) is 9.47 Å². The number of benzene rings is 2. The molecule has 0 aromatic heterocycles. The Morgan fingerprint density at radius 3 is 2.36 bits per heavy atom. The molecule has 2 aromatic rings. The Morgan fingerprint density at radius 2 is 1.67 bits per heavy atom. The number of rotatable bonds is 6. The van der Waals surface area contributed by atoms with Gasteiger partial charge in [-0.15, -0.1) is 0 Å². The smallest absolute Gasteiger partial charge is 0.284 e. The highest BCUT2D eigenvalue weighted by atomic mass is 16.5. The first-order chi connectivity index (χ1) is 17.2. The van der Waals surface area contributed by atoms with Gasteiger partial charge in [0.1, 0.15) is 12.4 Å². The fourth-order valence-corrected chi connectivity index (χ4v) is 4.80. The van der Waals surface area contributed by atoms with E-state index in [1.807, 2.05) is 29.6 Å². The average Bonchev–Trinajstić information content (AvgIpc) is 3.08. The summed E-state index contributed by atoms with van der Waals surface area (Å²) in [6.07, 6.45) is -0.753. The number of imide groups is 1. The Morgan fingerprint density at radius 1 is 0.972 bits per heavy atom. The molecule has 11 heteroatoms. The molecule has 2 aromatic carbocycles. The maximum Gasteiger partial charge on any atom is 0.284 e. The van der Waals surface area contributed by atoms with Gasteiger partial charge < -0.3 is 24.8 Å². The highest BCUT2D eigenvalue weighted by molar-refractivity contribution is 6.07. The van der Waals surface area contributed by atoms with Crippen molar-refractivity contribution in [1.29, 1.82) is 0 Å². The zero-order chi connectivity index (χ0) is 25.5. The van der Waals surface area contributed by atoms with Gasteiger partial charge in [-0.25, -0.2) is 4.90 Å². The Balaban J connectivity index is 1.33. The molecule has 3 heterocycles. The van der Waals surface area contributed by atoms with Gasteiger partial charge in [0, 0.05) is 32.5 Å². The fraction of sp³-hybridized carbons (Fsp3) is 0.400. The molecule has 0 spiro atoms. The first kappa shape index (κ1) is 24.3. The second-order valence-electron chi connectivity index (χ2n) is 9.14. The number of morpholine rings is 1. The van der Waals surface area contributed by atoms with Gasteiger partial charge in [-0.2, -0.15) is 0 Å². The number of carbonyl (C=O) groups is 3. The third kappa shape index (κ3) is 4.25. The van der Waals surface area contributed by atoms with E-state index in [2.05, 4.69) is 4.90 Å². The van der Waals surface area contributed by atoms with E-state index in [0.29, 0.717) is 4.90 Å². The number of amides is 3. The minimum atomic E-state index is -3.04. The molecular formula is C25H27N3O8. The van der Waals surface area contributed by atoms with Crippen LogP contribution in [0.3, 0.4) is 0 Å². The van der Waals surface area contributed by atoms with Crippen LogP contribution in [-0.2, 0) is 33.4 Å². The lowest BCUT2D eigenvalue weighted by Crippen LogP contribution is -2.67. The average molecular weight is 498 g/mol. The SMILES string of the molecule is O=C1CCC(O)(N2C(=O)c3cccc(OCc4ccc(CN5CCOCC5)cc4)c3C2(O)O)C(=O)N1. The van der Waals surface area contributed by atoms with E-state index in [0.717, 1.165) is 44.0 Å². The number of nitrogens with zero attached hydrogens (tertiary/aromatic N) is 2. The summed E-state index contributed by atoms with van der Waals surface area (Å²) in [5, 5.41) is 34.9. The summed E-state index contributed by atoms with van der Waals surface area (Å²) in [6, 6.07) is 12.1. The summed E-state index contributed by atoms with van der Waals surface area (Å²) < 4.78 is 11.2. The van der Waals surface area contributed by atoms with Crippen LogP contribution in [0.25, 0.3) is 0 Å². The van der Waals surface area contributed by atoms with Gasteiger partial charge in [-0.1, -0.05) is 30.3 Å². The van der Waals surface area contributed by atoms with Crippen molar-refractivity contribution >= 4 is 17.7 Å². The second kappa shape index (κ2) is 9.26. The molecule has 0 radical (unpaired) electrons. The standard InChI is InChI=1S/C25H27N3O8/c29-20-8-9-24(32,23(31)26-20)28-22(30)18-2-1-3-19(21(18)25(28,33)34)36-15-17-6-4-16(5-7-17)14-27-10-12-35-13-11-27/h1-7,32-34H,8-15H2,(H,26,29,31). The first-order valence-electron chi connectivity index (χ1n) is 11.7. The highest BCUT2D eigenvalue weighted by Gasteiger charge is 2.62. The zero-order valence-electron chi connectivity index (χ0n) is 19.5. The van der Waals surface area contributed by atoms with Crippen LogP contribution in [0.2, 0.25) is 0 Å².